The van der Waals surface area contributed by atoms with Gasteiger partial charge in [0.2, 0.25) is 0 Å². The van der Waals surface area contributed by atoms with Crippen LogP contribution in [0.5, 0.6) is 5.75 Å². The number of anilines is 1. The fraction of sp³-hybridized carbons (Fsp3) is 0.333. The molecule has 188 valence electrons. The van der Waals surface area contributed by atoms with Crippen LogP contribution < -0.4 is 15.8 Å². The van der Waals surface area contributed by atoms with Gasteiger partial charge in [-0.25, -0.2) is 9.07 Å². The number of para-hydroxylation sites is 1. The van der Waals surface area contributed by atoms with Crippen molar-refractivity contribution in [2.45, 2.75) is 37.5 Å². The van der Waals surface area contributed by atoms with Gasteiger partial charge < -0.3 is 20.9 Å². The van der Waals surface area contributed by atoms with Gasteiger partial charge in [-0.05, 0) is 42.2 Å². The zero-order chi connectivity index (χ0) is 26.0. The second-order valence-electron chi connectivity index (χ2n) is 8.81. The Labute approximate surface area is 199 Å². The molecule has 1 heterocycles. The number of nitrogen functional groups attached to an aromatic ring is 1. The number of hydrogen-bond donors (Lipinski definition) is 3. The Morgan fingerprint density at radius 2 is 1.83 bits per heavy atom. The minimum absolute atomic E-state index is 0.0749. The van der Waals surface area contributed by atoms with E-state index in [4.69, 9.17) is 10.5 Å². The van der Waals surface area contributed by atoms with Crippen LogP contribution in [0.15, 0.2) is 54.7 Å². The molecule has 0 aliphatic heterocycles. The summed E-state index contributed by atoms with van der Waals surface area (Å²) < 4.78 is 62.4. The number of benzene rings is 2. The normalized spacial score (nSPS) is 13.8. The van der Waals surface area contributed by atoms with Crippen molar-refractivity contribution in [2.75, 3.05) is 19.4 Å². The number of hydrogen-bond acceptors (Lipinski definition) is 5. The first-order valence-electron chi connectivity index (χ1n) is 10.6. The number of methoxy groups -OCH3 is 1. The Hall–Kier alpha value is -3.60. The quantitative estimate of drug-likeness (QED) is 0.411. The smallest absolute Gasteiger partial charge is 0.418 e. The van der Waals surface area contributed by atoms with E-state index in [1.54, 1.807) is 30.3 Å². The third-order valence-corrected chi connectivity index (χ3v) is 5.75. The monoisotopic (exact) mass is 494 g/mol. The van der Waals surface area contributed by atoms with Crippen LogP contribution in [0.2, 0.25) is 0 Å². The molecular formula is C24H26F4N4O3. The molecule has 0 saturated heterocycles. The summed E-state index contributed by atoms with van der Waals surface area (Å²) in [4.78, 5) is 12.7. The zero-order valence-electron chi connectivity index (χ0n) is 19.4. The van der Waals surface area contributed by atoms with E-state index in [1.807, 2.05) is 0 Å². The average molecular weight is 494 g/mol. The Morgan fingerprint density at radius 3 is 2.43 bits per heavy atom. The topological polar surface area (TPSA) is 102 Å². The number of nitrogens with one attached hydrogen (secondary N) is 1. The van der Waals surface area contributed by atoms with Gasteiger partial charge >= 0.3 is 6.18 Å². The van der Waals surface area contributed by atoms with Crippen molar-refractivity contribution in [3.63, 3.8) is 0 Å². The van der Waals surface area contributed by atoms with Crippen LogP contribution in [0, 0.1) is 5.82 Å². The minimum Gasteiger partial charge on any atom is -0.496 e. The number of carbonyl (C=O) groups is 1. The second kappa shape index (κ2) is 9.57. The summed E-state index contributed by atoms with van der Waals surface area (Å²) in [7, 11) is 1.31. The molecule has 0 aliphatic carbocycles. The molecule has 11 heteroatoms. The van der Waals surface area contributed by atoms with Crippen molar-refractivity contribution in [1.29, 1.82) is 0 Å². The van der Waals surface area contributed by atoms with Gasteiger partial charge in [0, 0.05) is 5.56 Å². The largest absolute Gasteiger partial charge is 0.496 e. The van der Waals surface area contributed by atoms with Crippen LogP contribution >= 0.6 is 0 Å². The molecule has 2 aromatic carbocycles. The number of rotatable bonds is 8. The highest BCUT2D eigenvalue weighted by atomic mass is 19.4. The summed E-state index contributed by atoms with van der Waals surface area (Å²) in [5.74, 6) is -1.50. The number of carbonyl (C=O) groups excluding carboxylic acids is 1. The van der Waals surface area contributed by atoms with Crippen molar-refractivity contribution < 1.29 is 32.2 Å². The van der Waals surface area contributed by atoms with Crippen molar-refractivity contribution in [2.24, 2.45) is 0 Å². The van der Waals surface area contributed by atoms with E-state index in [0.29, 0.717) is 5.69 Å². The van der Waals surface area contributed by atoms with Gasteiger partial charge in [-0.2, -0.15) is 18.3 Å². The molecule has 35 heavy (non-hydrogen) atoms. The zero-order valence-corrected chi connectivity index (χ0v) is 19.4. The Morgan fingerprint density at radius 1 is 1.17 bits per heavy atom. The van der Waals surface area contributed by atoms with Crippen molar-refractivity contribution in [3.8, 4) is 11.4 Å². The van der Waals surface area contributed by atoms with E-state index in [0.717, 1.165) is 18.3 Å². The van der Waals surface area contributed by atoms with E-state index in [-0.39, 0.29) is 22.7 Å². The second-order valence-corrected chi connectivity index (χ2v) is 8.81. The Balaban J connectivity index is 1.84. The maximum Gasteiger partial charge on any atom is 0.418 e. The van der Waals surface area contributed by atoms with Crippen molar-refractivity contribution >= 4 is 11.7 Å². The lowest BCUT2D eigenvalue weighted by atomic mass is 9.74. The summed E-state index contributed by atoms with van der Waals surface area (Å²) in [5, 5.41) is 16.8. The fourth-order valence-electron chi connectivity index (χ4n) is 3.93. The highest BCUT2D eigenvalue weighted by molar-refractivity contribution is 5.98. The van der Waals surface area contributed by atoms with Gasteiger partial charge in [-0.1, -0.05) is 32.0 Å². The minimum atomic E-state index is -5.11. The van der Waals surface area contributed by atoms with E-state index >= 15 is 0 Å². The molecule has 1 aromatic heterocycles. The lowest BCUT2D eigenvalue weighted by Crippen LogP contribution is -2.56. The van der Waals surface area contributed by atoms with Crippen LogP contribution in [0.4, 0.5) is 23.4 Å². The van der Waals surface area contributed by atoms with E-state index in [9.17, 15) is 27.5 Å². The van der Waals surface area contributed by atoms with Crippen molar-refractivity contribution in [3.05, 3.63) is 71.7 Å². The Bertz CT molecular complexity index is 1200. The first-order valence-corrected chi connectivity index (χ1v) is 10.6. The number of halogens is 4. The van der Waals surface area contributed by atoms with Crippen LogP contribution in [-0.4, -0.2) is 46.2 Å². The third-order valence-electron chi connectivity index (χ3n) is 5.75. The fourth-order valence-corrected chi connectivity index (χ4v) is 3.93. The first kappa shape index (κ1) is 26.0. The summed E-state index contributed by atoms with van der Waals surface area (Å²) in [6, 6.07) is 12.1. The molecule has 1 unspecified atom stereocenters. The predicted octanol–water partition coefficient (Wildman–Crippen LogP) is 3.99. The molecule has 3 aromatic rings. The van der Waals surface area contributed by atoms with Gasteiger partial charge in [0.05, 0.1) is 25.5 Å². The Kier molecular flexibility index (Phi) is 7.11. The molecule has 0 fully saturated rings. The average Bonchev–Trinajstić information content (AvgIpc) is 3.18. The standard InChI is InChI=1S/C24H26F4N4O3/c1-22(2,18-11-15(25)9-10-19(18)35-3)13-23(34,24(26,27)28)14-30-21(33)17-12-31-32(20(17)29)16-7-5-4-6-8-16/h4-12,34H,13-14,29H2,1-3H3,(H,30,33). The summed E-state index contributed by atoms with van der Waals surface area (Å²) in [6.07, 6.45) is -4.87. The molecule has 0 radical (unpaired) electrons. The molecule has 4 N–H and O–H groups in total. The van der Waals surface area contributed by atoms with Gasteiger partial charge in [0.15, 0.2) is 5.60 Å². The van der Waals surface area contributed by atoms with E-state index in [1.165, 1.54) is 31.7 Å². The summed E-state index contributed by atoms with van der Waals surface area (Å²) >= 11 is 0. The molecule has 0 saturated carbocycles. The van der Waals surface area contributed by atoms with Crippen LogP contribution in [0.3, 0.4) is 0 Å². The van der Waals surface area contributed by atoms with Gasteiger partial charge in [-0.3, -0.25) is 4.79 Å². The molecular weight excluding hydrogens is 468 g/mol. The number of aliphatic hydroxyl groups is 1. The number of ether oxygens (including phenoxy) is 1. The molecule has 1 amide bonds. The third kappa shape index (κ3) is 5.40. The van der Waals surface area contributed by atoms with Crippen LogP contribution in [0.25, 0.3) is 5.69 Å². The molecule has 0 aliphatic rings. The van der Waals surface area contributed by atoms with Crippen LogP contribution in [0.1, 0.15) is 36.2 Å². The highest BCUT2D eigenvalue weighted by Gasteiger charge is 2.56. The van der Waals surface area contributed by atoms with Crippen molar-refractivity contribution in [1.82, 2.24) is 15.1 Å². The lowest BCUT2D eigenvalue weighted by Gasteiger charge is -2.38. The van der Waals surface area contributed by atoms with Crippen LogP contribution in [-0.2, 0) is 5.41 Å². The molecule has 7 nitrogen and oxygen atoms in total. The van der Waals surface area contributed by atoms with E-state index < -0.39 is 41.9 Å². The SMILES string of the molecule is COc1ccc(F)cc1C(C)(C)CC(O)(CNC(=O)c1cnn(-c2ccccc2)c1N)C(F)(F)F. The summed E-state index contributed by atoms with van der Waals surface area (Å²) in [6.45, 7) is 1.68. The number of amides is 1. The molecule has 0 spiro atoms. The highest BCUT2D eigenvalue weighted by Crippen LogP contribution is 2.43. The lowest BCUT2D eigenvalue weighted by molar-refractivity contribution is -0.263. The number of alkyl halides is 3. The number of nitrogens with zero attached hydrogens (tertiary/aromatic N) is 2. The predicted molar refractivity (Wildman–Crippen MR) is 122 cm³/mol. The molecule has 0 bridgehead atoms. The molecule has 3 rings (SSSR count). The molecule has 1 atom stereocenters. The summed E-state index contributed by atoms with van der Waals surface area (Å²) in [5.41, 5.74) is 1.81. The van der Waals surface area contributed by atoms with Gasteiger partial charge in [0.25, 0.3) is 5.91 Å². The van der Waals surface area contributed by atoms with Gasteiger partial charge in [0.1, 0.15) is 22.9 Å². The number of nitrogens with two attached hydrogens (primary N) is 1. The maximum absolute atomic E-state index is 14.0. The van der Waals surface area contributed by atoms with E-state index in [2.05, 4.69) is 10.4 Å². The first-order chi connectivity index (χ1) is 16.3. The maximum atomic E-state index is 14.0. The number of aromatic nitrogens is 2. The van der Waals surface area contributed by atoms with Gasteiger partial charge in [-0.15, -0.1) is 0 Å².